The third kappa shape index (κ3) is 4.66. The minimum atomic E-state index is 0.00249. The number of hydrogen-bond acceptors (Lipinski definition) is 3. The van der Waals surface area contributed by atoms with Crippen molar-refractivity contribution in [3.63, 3.8) is 0 Å². The fourth-order valence-electron chi connectivity index (χ4n) is 3.47. The number of pyridine rings is 1. The molecule has 0 aliphatic heterocycles. The van der Waals surface area contributed by atoms with E-state index in [1.54, 1.807) is 12.3 Å². The molecule has 1 aromatic rings. The van der Waals surface area contributed by atoms with Crippen molar-refractivity contribution in [3.8, 4) is 6.07 Å². The Morgan fingerprint density at radius 2 is 2.26 bits per heavy atom. The summed E-state index contributed by atoms with van der Waals surface area (Å²) in [7, 11) is 0. The Bertz CT molecular complexity index is 601. The molecule has 1 aliphatic carbocycles. The van der Waals surface area contributed by atoms with Crippen LogP contribution in [0.3, 0.4) is 0 Å². The predicted octanol–water partition coefficient (Wildman–Crippen LogP) is 4.18. The molecule has 122 valence electrons. The molecule has 3 unspecified atom stereocenters. The summed E-state index contributed by atoms with van der Waals surface area (Å²) in [5, 5.41) is 11.9. The van der Waals surface area contributed by atoms with Gasteiger partial charge in [0.2, 0.25) is 5.91 Å². The number of anilines is 1. The molecule has 0 aromatic carbocycles. The van der Waals surface area contributed by atoms with E-state index in [1.165, 1.54) is 5.57 Å². The molecule has 0 spiro atoms. The quantitative estimate of drug-likeness (QED) is 0.830. The van der Waals surface area contributed by atoms with Crippen LogP contribution >= 0.6 is 0 Å². The second kappa shape index (κ2) is 7.92. The molecule has 3 atom stereocenters. The van der Waals surface area contributed by atoms with Gasteiger partial charge in [-0.3, -0.25) is 4.79 Å². The first-order valence-corrected chi connectivity index (χ1v) is 8.27. The van der Waals surface area contributed by atoms with Gasteiger partial charge in [-0.05, 0) is 49.1 Å². The highest BCUT2D eigenvalue weighted by molar-refractivity contribution is 5.90. The van der Waals surface area contributed by atoms with Crippen molar-refractivity contribution < 1.29 is 4.79 Å². The summed E-state index contributed by atoms with van der Waals surface area (Å²) in [6.07, 6.45) is 5.90. The van der Waals surface area contributed by atoms with E-state index in [-0.39, 0.29) is 11.8 Å². The van der Waals surface area contributed by atoms with Gasteiger partial charge in [-0.15, -0.1) is 0 Å². The largest absolute Gasteiger partial charge is 0.311 e. The van der Waals surface area contributed by atoms with Crippen molar-refractivity contribution in [1.82, 2.24) is 4.98 Å². The standard InChI is InChI=1S/C19H25N3O/c1-13(2)17-11-16(14(3)10-15(17)7-8-20)12-19(23)22-18-6-4-5-9-21-18/h4-6,9-10,13,15-17H,7,11-12H2,1-3H3,(H,21,22,23). The van der Waals surface area contributed by atoms with Gasteiger partial charge in [-0.2, -0.15) is 5.26 Å². The Morgan fingerprint density at radius 1 is 1.48 bits per heavy atom. The fraction of sp³-hybridized carbons (Fsp3) is 0.526. The number of allylic oxidation sites excluding steroid dienone is 2. The van der Waals surface area contributed by atoms with E-state index in [2.05, 4.69) is 43.2 Å². The van der Waals surface area contributed by atoms with Gasteiger partial charge in [-0.1, -0.05) is 31.6 Å². The molecule has 1 N–H and O–H groups in total. The van der Waals surface area contributed by atoms with Crippen LogP contribution in [0.25, 0.3) is 0 Å². The van der Waals surface area contributed by atoms with Crippen LogP contribution in [0.2, 0.25) is 0 Å². The summed E-state index contributed by atoms with van der Waals surface area (Å²) >= 11 is 0. The lowest BCUT2D eigenvalue weighted by atomic mass is 9.69. The van der Waals surface area contributed by atoms with Gasteiger partial charge in [0.25, 0.3) is 0 Å². The Hall–Kier alpha value is -2.15. The molecule has 1 amide bonds. The number of carbonyl (C=O) groups is 1. The zero-order valence-electron chi connectivity index (χ0n) is 14.1. The number of carbonyl (C=O) groups excluding carboxylic acids is 1. The molecule has 4 heteroatoms. The van der Waals surface area contributed by atoms with Crippen LogP contribution < -0.4 is 5.32 Å². The van der Waals surface area contributed by atoms with Crippen molar-refractivity contribution in [2.24, 2.45) is 23.7 Å². The van der Waals surface area contributed by atoms with Gasteiger partial charge < -0.3 is 5.32 Å². The van der Waals surface area contributed by atoms with Gasteiger partial charge in [0.1, 0.15) is 5.82 Å². The third-order valence-corrected chi connectivity index (χ3v) is 4.78. The van der Waals surface area contributed by atoms with E-state index in [4.69, 9.17) is 5.26 Å². The molecule has 2 rings (SSSR count). The molecule has 0 saturated carbocycles. The lowest BCUT2D eigenvalue weighted by molar-refractivity contribution is -0.117. The molecule has 0 bridgehead atoms. The van der Waals surface area contributed by atoms with Gasteiger partial charge in [0, 0.05) is 19.0 Å². The summed E-state index contributed by atoms with van der Waals surface area (Å²) in [6, 6.07) is 7.77. The maximum absolute atomic E-state index is 12.3. The average Bonchev–Trinajstić information content (AvgIpc) is 2.50. The topological polar surface area (TPSA) is 65.8 Å². The van der Waals surface area contributed by atoms with Gasteiger partial charge >= 0.3 is 0 Å². The summed E-state index contributed by atoms with van der Waals surface area (Å²) in [4.78, 5) is 16.4. The Morgan fingerprint density at radius 3 is 2.87 bits per heavy atom. The van der Waals surface area contributed by atoms with Crippen LogP contribution in [0.1, 0.15) is 40.0 Å². The molecule has 1 heterocycles. The predicted molar refractivity (Wildman–Crippen MR) is 91.4 cm³/mol. The van der Waals surface area contributed by atoms with Crippen molar-refractivity contribution in [2.75, 3.05) is 5.32 Å². The zero-order chi connectivity index (χ0) is 16.8. The van der Waals surface area contributed by atoms with Gasteiger partial charge in [-0.25, -0.2) is 4.98 Å². The summed E-state index contributed by atoms with van der Waals surface area (Å²) in [5.74, 6) is 2.14. The second-order valence-corrected chi connectivity index (χ2v) is 6.74. The highest BCUT2D eigenvalue weighted by Crippen LogP contribution is 2.40. The van der Waals surface area contributed by atoms with E-state index in [0.29, 0.717) is 36.4 Å². The Kier molecular flexibility index (Phi) is 5.92. The lowest BCUT2D eigenvalue weighted by Crippen LogP contribution is -2.29. The minimum Gasteiger partial charge on any atom is -0.311 e. The van der Waals surface area contributed by atoms with Crippen LogP contribution in [-0.2, 0) is 4.79 Å². The number of rotatable bonds is 5. The number of amides is 1. The highest BCUT2D eigenvalue weighted by Gasteiger charge is 2.32. The molecule has 0 saturated heterocycles. The average molecular weight is 311 g/mol. The van der Waals surface area contributed by atoms with Crippen LogP contribution in [0, 0.1) is 35.0 Å². The van der Waals surface area contributed by atoms with Gasteiger partial charge in [0.05, 0.1) is 6.07 Å². The van der Waals surface area contributed by atoms with E-state index < -0.39 is 0 Å². The highest BCUT2D eigenvalue weighted by atomic mass is 16.1. The van der Waals surface area contributed by atoms with E-state index >= 15 is 0 Å². The van der Waals surface area contributed by atoms with Crippen LogP contribution in [0.15, 0.2) is 36.0 Å². The first-order chi connectivity index (χ1) is 11.0. The van der Waals surface area contributed by atoms with E-state index in [9.17, 15) is 4.79 Å². The monoisotopic (exact) mass is 311 g/mol. The molecule has 0 fully saturated rings. The molecule has 0 radical (unpaired) electrons. The van der Waals surface area contributed by atoms with Gasteiger partial charge in [0.15, 0.2) is 0 Å². The summed E-state index contributed by atoms with van der Waals surface area (Å²) in [5.41, 5.74) is 1.23. The van der Waals surface area contributed by atoms with Crippen LogP contribution in [-0.4, -0.2) is 10.9 Å². The summed E-state index contributed by atoms with van der Waals surface area (Å²) < 4.78 is 0. The molecule has 1 aromatic heterocycles. The Balaban J connectivity index is 2.03. The maximum atomic E-state index is 12.3. The van der Waals surface area contributed by atoms with Crippen molar-refractivity contribution in [3.05, 3.63) is 36.0 Å². The first-order valence-electron chi connectivity index (χ1n) is 8.27. The lowest BCUT2D eigenvalue weighted by Gasteiger charge is -2.36. The number of nitrogens with one attached hydrogen (secondary N) is 1. The SMILES string of the molecule is CC1=CC(CC#N)C(C(C)C)CC1CC(=O)Nc1ccccn1. The van der Waals surface area contributed by atoms with E-state index in [0.717, 1.165) is 6.42 Å². The zero-order valence-corrected chi connectivity index (χ0v) is 14.1. The molecule has 4 nitrogen and oxygen atoms in total. The van der Waals surface area contributed by atoms with Crippen LogP contribution in [0.5, 0.6) is 0 Å². The third-order valence-electron chi connectivity index (χ3n) is 4.78. The van der Waals surface area contributed by atoms with Crippen LogP contribution in [0.4, 0.5) is 5.82 Å². The smallest absolute Gasteiger partial charge is 0.226 e. The molecular weight excluding hydrogens is 286 g/mol. The fourth-order valence-corrected chi connectivity index (χ4v) is 3.47. The first kappa shape index (κ1) is 17.2. The maximum Gasteiger partial charge on any atom is 0.226 e. The number of nitriles is 1. The second-order valence-electron chi connectivity index (χ2n) is 6.74. The number of aromatic nitrogens is 1. The molecular formula is C19H25N3O. The van der Waals surface area contributed by atoms with Crippen molar-refractivity contribution in [1.29, 1.82) is 5.26 Å². The molecule has 1 aliphatic rings. The van der Waals surface area contributed by atoms with E-state index in [1.807, 2.05) is 12.1 Å². The summed E-state index contributed by atoms with van der Waals surface area (Å²) in [6.45, 7) is 6.49. The van der Waals surface area contributed by atoms with Crippen molar-refractivity contribution in [2.45, 2.75) is 40.0 Å². The van der Waals surface area contributed by atoms with Crippen molar-refractivity contribution >= 4 is 11.7 Å². The molecule has 23 heavy (non-hydrogen) atoms. The number of nitrogens with zero attached hydrogens (tertiary/aromatic N) is 2. The normalized spacial score (nSPS) is 24.0. The Labute approximate surface area is 138 Å². The number of hydrogen-bond donors (Lipinski definition) is 1. The minimum absolute atomic E-state index is 0.00249.